The average Bonchev–Trinajstić information content (AvgIpc) is 2.72. The first-order valence-corrected chi connectivity index (χ1v) is 8.66. The van der Waals surface area contributed by atoms with Crippen LogP contribution in [0.15, 0.2) is 6.33 Å². The van der Waals surface area contributed by atoms with E-state index in [1.807, 2.05) is 0 Å². The van der Waals surface area contributed by atoms with Crippen molar-refractivity contribution in [2.75, 3.05) is 12.8 Å². The van der Waals surface area contributed by atoms with Crippen molar-refractivity contribution in [3.63, 3.8) is 0 Å². The van der Waals surface area contributed by atoms with E-state index in [2.05, 4.69) is 34.0 Å². The molecule has 0 fully saturated rings. The molecule has 0 unspecified atom stereocenters. The Morgan fingerprint density at radius 3 is 2.57 bits per heavy atom. The van der Waals surface area contributed by atoms with E-state index in [0.29, 0.717) is 11.7 Å². The minimum atomic E-state index is -3.27. The van der Waals surface area contributed by atoms with E-state index in [1.54, 1.807) is 11.7 Å². The van der Waals surface area contributed by atoms with Gasteiger partial charge in [-0.25, -0.2) is 18.1 Å². The fourth-order valence-corrected chi connectivity index (χ4v) is 2.41. The topological polar surface area (TPSA) is 106 Å². The van der Waals surface area contributed by atoms with Gasteiger partial charge in [0, 0.05) is 20.0 Å². The van der Waals surface area contributed by atoms with Crippen molar-refractivity contribution in [2.24, 2.45) is 13.0 Å². The number of nitrogens with one attached hydrogen (secondary N) is 2. The minimum absolute atomic E-state index is 0.0812. The zero-order valence-corrected chi connectivity index (χ0v) is 13.6. The molecule has 120 valence electrons. The minimum Gasteiger partial charge on any atom is -0.346 e. The predicted molar refractivity (Wildman–Crippen MR) is 78.8 cm³/mol. The lowest BCUT2D eigenvalue weighted by atomic mass is 10.0. The number of carbonyl (C=O) groups is 1. The molecule has 0 radical (unpaired) electrons. The SMILES string of the molecule is CC(C)C[C@@H](NC(=O)CCNS(C)(=O)=O)c1ncnn1C. The molecule has 0 bridgehead atoms. The van der Waals surface area contributed by atoms with Gasteiger partial charge in [0.1, 0.15) is 12.2 Å². The molecule has 1 rings (SSSR count). The number of aromatic nitrogens is 3. The van der Waals surface area contributed by atoms with Crippen molar-refractivity contribution in [2.45, 2.75) is 32.7 Å². The Morgan fingerprint density at radius 2 is 2.10 bits per heavy atom. The molecule has 1 aromatic heterocycles. The maximum Gasteiger partial charge on any atom is 0.221 e. The number of nitrogens with zero attached hydrogens (tertiary/aromatic N) is 3. The molecule has 0 saturated carbocycles. The van der Waals surface area contributed by atoms with E-state index >= 15 is 0 Å². The summed E-state index contributed by atoms with van der Waals surface area (Å²) < 4.78 is 25.8. The van der Waals surface area contributed by atoms with Crippen LogP contribution >= 0.6 is 0 Å². The summed E-state index contributed by atoms with van der Waals surface area (Å²) in [6.07, 6.45) is 3.32. The van der Waals surface area contributed by atoms with Crippen LogP contribution in [0.3, 0.4) is 0 Å². The van der Waals surface area contributed by atoms with Crippen molar-refractivity contribution in [3.05, 3.63) is 12.2 Å². The van der Waals surface area contributed by atoms with E-state index < -0.39 is 10.0 Å². The largest absolute Gasteiger partial charge is 0.346 e. The Bertz CT molecular complexity index is 567. The molecule has 9 heteroatoms. The normalized spacial score (nSPS) is 13.4. The Kier molecular flexibility index (Phi) is 6.28. The lowest BCUT2D eigenvalue weighted by molar-refractivity contribution is -0.121. The number of amides is 1. The number of hydrogen-bond donors (Lipinski definition) is 2. The summed E-state index contributed by atoms with van der Waals surface area (Å²) in [6, 6.07) is -0.233. The number of sulfonamides is 1. The second kappa shape index (κ2) is 7.51. The average molecular weight is 317 g/mol. The fraction of sp³-hybridized carbons (Fsp3) is 0.750. The quantitative estimate of drug-likeness (QED) is 0.699. The monoisotopic (exact) mass is 317 g/mol. The maximum atomic E-state index is 11.9. The Labute approximate surface area is 125 Å². The van der Waals surface area contributed by atoms with Gasteiger partial charge in [-0.3, -0.25) is 9.48 Å². The summed E-state index contributed by atoms with van der Waals surface area (Å²) in [5.74, 6) is 0.842. The van der Waals surface area contributed by atoms with E-state index in [1.165, 1.54) is 6.33 Å². The van der Waals surface area contributed by atoms with Crippen LogP contribution in [0.4, 0.5) is 0 Å². The molecule has 0 aromatic carbocycles. The maximum absolute atomic E-state index is 11.9. The molecule has 0 aliphatic heterocycles. The van der Waals surface area contributed by atoms with Crippen molar-refractivity contribution >= 4 is 15.9 Å². The van der Waals surface area contributed by atoms with Gasteiger partial charge in [0.25, 0.3) is 0 Å². The Morgan fingerprint density at radius 1 is 1.43 bits per heavy atom. The molecule has 0 saturated heterocycles. The molecule has 1 amide bonds. The molecule has 1 aromatic rings. The van der Waals surface area contributed by atoms with E-state index in [4.69, 9.17) is 0 Å². The first-order chi connectivity index (χ1) is 9.69. The fourth-order valence-electron chi connectivity index (χ4n) is 1.94. The third kappa shape index (κ3) is 6.67. The van der Waals surface area contributed by atoms with Crippen molar-refractivity contribution in [1.82, 2.24) is 24.8 Å². The van der Waals surface area contributed by atoms with Gasteiger partial charge in [0.05, 0.1) is 12.3 Å². The first-order valence-electron chi connectivity index (χ1n) is 6.77. The van der Waals surface area contributed by atoms with Crippen molar-refractivity contribution < 1.29 is 13.2 Å². The molecule has 0 spiro atoms. The standard InChI is InChI=1S/C12H23N5O3S/c1-9(2)7-10(12-13-8-14-17(12)3)16-11(18)5-6-15-21(4,19)20/h8-10,15H,5-7H2,1-4H3,(H,16,18)/t10-/m1/s1. The number of carbonyl (C=O) groups excluding carboxylic acids is 1. The van der Waals surface area contributed by atoms with Gasteiger partial charge in [-0.2, -0.15) is 5.10 Å². The third-order valence-electron chi connectivity index (χ3n) is 2.82. The third-order valence-corrected chi connectivity index (χ3v) is 3.55. The van der Waals surface area contributed by atoms with Crippen molar-refractivity contribution in [3.8, 4) is 0 Å². The molecule has 0 aliphatic rings. The highest BCUT2D eigenvalue weighted by atomic mass is 32.2. The highest BCUT2D eigenvalue weighted by Crippen LogP contribution is 2.18. The van der Waals surface area contributed by atoms with Gasteiger partial charge in [0.15, 0.2) is 0 Å². The molecule has 1 heterocycles. The van der Waals surface area contributed by atoms with Gasteiger partial charge in [0.2, 0.25) is 15.9 Å². The molecule has 21 heavy (non-hydrogen) atoms. The summed E-state index contributed by atoms with van der Waals surface area (Å²) in [5, 5.41) is 6.89. The summed E-state index contributed by atoms with van der Waals surface area (Å²) in [6.45, 7) is 4.19. The van der Waals surface area contributed by atoms with Gasteiger partial charge >= 0.3 is 0 Å². The molecule has 1 atom stereocenters. The molecule has 2 N–H and O–H groups in total. The van der Waals surface area contributed by atoms with Crippen LogP contribution in [0, 0.1) is 5.92 Å². The second-order valence-corrected chi connectivity index (χ2v) is 7.24. The summed E-state index contributed by atoms with van der Waals surface area (Å²) in [4.78, 5) is 16.1. The second-order valence-electron chi connectivity index (χ2n) is 5.41. The van der Waals surface area contributed by atoms with Crippen LogP contribution < -0.4 is 10.0 Å². The van der Waals surface area contributed by atoms with E-state index in [0.717, 1.165) is 12.7 Å². The zero-order valence-electron chi connectivity index (χ0n) is 12.8. The van der Waals surface area contributed by atoms with Gasteiger partial charge in [-0.05, 0) is 12.3 Å². The van der Waals surface area contributed by atoms with Crippen LogP contribution in [0.5, 0.6) is 0 Å². The lowest BCUT2D eigenvalue weighted by Gasteiger charge is -2.19. The van der Waals surface area contributed by atoms with Gasteiger partial charge < -0.3 is 5.32 Å². The van der Waals surface area contributed by atoms with Gasteiger partial charge in [-0.1, -0.05) is 13.8 Å². The van der Waals surface area contributed by atoms with Crippen LogP contribution in [0.1, 0.15) is 38.6 Å². The lowest BCUT2D eigenvalue weighted by Crippen LogP contribution is -2.34. The predicted octanol–water partition coefficient (Wildman–Crippen LogP) is -0.0422. The molecular weight excluding hydrogens is 294 g/mol. The van der Waals surface area contributed by atoms with Crippen molar-refractivity contribution in [1.29, 1.82) is 0 Å². The van der Waals surface area contributed by atoms with Crippen LogP contribution in [0.2, 0.25) is 0 Å². The van der Waals surface area contributed by atoms with Crippen LogP contribution in [0.25, 0.3) is 0 Å². The van der Waals surface area contributed by atoms with E-state index in [-0.39, 0.29) is 24.9 Å². The Hall–Kier alpha value is -1.48. The van der Waals surface area contributed by atoms with Gasteiger partial charge in [-0.15, -0.1) is 0 Å². The van der Waals surface area contributed by atoms with Crippen LogP contribution in [-0.4, -0.2) is 41.9 Å². The molecule has 8 nitrogen and oxygen atoms in total. The molecular formula is C12H23N5O3S. The summed E-state index contributed by atoms with van der Waals surface area (Å²) >= 11 is 0. The Balaban J connectivity index is 2.61. The summed E-state index contributed by atoms with van der Waals surface area (Å²) in [5.41, 5.74) is 0. The number of rotatable bonds is 8. The number of hydrogen-bond acceptors (Lipinski definition) is 5. The highest BCUT2D eigenvalue weighted by molar-refractivity contribution is 7.88. The smallest absolute Gasteiger partial charge is 0.221 e. The first kappa shape index (κ1) is 17.6. The highest BCUT2D eigenvalue weighted by Gasteiger charge is 2.20. The summed E-state index contributed by atoms with van der Waals surface area (Å²) in [7, 11) is -1.50. The van der Waals surface area contributed by atoms with Crippen LogP contribution in [-0.2, 0) is 21.9 Å². The zero-order chi connectivity index (χ0) is 16.0. The molecule has 0 aliphatic carbocycles. The number of aryl methyl sites for hydroxylation is 1. The van der Waals surface area contributed by atoms with E-state index in [9.17, 15) is 13.2 Å².